The fraction of sp³-hybridized carbons (Fsp3) is 0.846. The van der Waals surface area contributed by atoms with E-state index in [4.69, 9.17) is 0 Å². The third-order valence-electron chi connectivity index (χ3n) is 2.72. The molecule has 0 spiro atoms. The third kappa shape index (κ3) is 4.74. The molecule has 0 atom stereocenters. The van der Waals surface area contributed by atoms with Crippen LogP contribution in [0, 0.1) is 23.2 Å². The normalized spacial score (nSPS) is 26.9. The average molecular weight is 242 g/mol. The van der Waals surface area contributed by atoms with E-state index in [-0.39, 0.29) is 0 Å². The zero-order valence-electron chi connectivity index (χ0n) is 10.3. The Bertz CT molecular complexity index is 233. The van der Waals surface area contributed by atoms with E-state index >= 15 is 0 Å². The summed E-state index contributed by atoms with van der Waals surface area (Å²) in [5.74, 6) is 10.0. The highest BCUT2D eigenvalue weighted by atomic mass is 32.2. The summed E-state index contributed by atoms with van der Waals surface area (Å²) in [6.45, 7) is 9.23. The van der Waals surface area contributed by atoms with Crippen LogP contribution in [0.5, 0.6) is 0 Å². The van der Waals surface area contributed by atoms with E-state index in [1.54, 1.807) is 0 Å². The van der Waals surface area contributed by atoms with E-state index < -0.39 is 0 Å². The highest BCUT2D eigenvalue weighted by Gasteiger charge is 2.29. The van der Waals surface area contributed by atoms with E-state index in [1.807, 2.05) is 23.5 Å². The van der Waals surface area contributed by atoms with Gasteiger partial charge in [-0.15, -0.1) is 29.4 Å². The summed E-state index contributed by atoms with van der Waals surface area (Å²) in [7, 11) is 0. The van der Waals surface area contributed by atoms with Crippen molar-refractivity contribution in [2.45, 2.75) is 45.1 Å². The molecule has 1 rings (SSSR count). The number of hydrogen-bond acceptors (Lipinski definition) is 2. The molecule has 0 bridgehead atoms. The van der Waals surface area contributed by atoms with E-state index in [1.165, 1.54) is 17.9 Å². The summed E-state index contributed by atoms with van der Waals surface area (Å²) in [4.78, 5) is 0. The maximum Gasteiger partial charge on any atom is 0.111 e. The lowest BCUT2D eigenvalue weighted by Gasteiger charge is -2.34. The van der Waals surface area contributed by atoms with Crippen molar-refractivity contribution in [2.75, 3.05) is 11.5 Å². The van der Waals surface area contributed by atoms with E-state index in [0.717, 1.165) is 12.3 Å². The molecule has 1 aliphatic rings. The molecular formula is C13H22S2. The molecule has 86 valence electrons. The molecule has 0 N–H and O–H groups in total. The minimum absolute atomic E-state index is 0.460. The van der Waals surface area contributed by atoms with Gasteiger partial charge in [-0.1, -0.05) is 33.6 Å². The number of thioether (sulfide) groups is 2. The Morgan fingerprint density at radius 3 is 2.27 bits per heavy atom. The molecule has 0 aliphatic carbocycles. The summed E-state index contributed by atoms with van der Waals surface area (Å²) in [6.07, 6.45) is 2.24. The molecule has 1 aliphatic heterocycles. The van der Waals surface area contributed by atoms with Crippen molar-refractivity contribution in [1.29, 1.82) is 0 Å². The summed E-state index contributed by atoms with van der Waals surface area (Å²) >= 11 is 4.08. The molecule has 15 heavy (non-hydrogen) atoms. The molecule has 0 amide bonds. The molecule has 0 aromatic heterocycles. The lowest BCUT2D eigenvalue weighted by Crippen LogP contribution is -2.29. The van der Waals surface area contributed by atoms with E-state index in [9.17, 15) is 0 Å². The van der Waals surface area contributed by atoms with Gasteiger partial charge in [0.05, 0.1) is 0 Å². The largest absolute Gasteiger partial charge is 0.134 e. The minimum Gasteiger partial charge on any atom is -0.134 e. The number of unbranched alkanes of at least 4 members (excludes halogenated alkanes) is 1. The van der Waals surface area contributed by atoms with Crippen LogP contribution in [-0.4, -0.2) is 16.1 Å². The quantitative estimate of drug-likeness (QED) is 0.630. The molecule has 0 saturated carbocycles. The van der Waals surface area contributed by atoms with Gasteiger partial charge in [0.25, 0.3) is 0 Å². The molecule has 0 nitrogen and oxygen atoms in total. The van der Waals surface area contributed by atoms with Crippen molar-refractivity contribution in [1.82, 2.24) is 0 Å². The molecule has 2 heteroatoms. The first-order chi connectivity index (χ1) is 7.04. The number of hydrogen-bond donors (Lipinski definition) is 0. The Hall–Kier alpha value is 0.260. The van der Waals surface area contributed by atoms with Crippen molar-refractivity contribution in [3.05, 3.63) is 0 Å². The van der Waals surface area contributed by atoms with Gasteiger partial charge in [-0.2, -0.15) is 0 Å². The Kier molecular flexibility index (Phi) is 5.43. The molecule has 1 saturated heterocycles. The van der Waals surface area contributed by atoms with Gasteiger partial charge < -0.3 is 0 Å². The summed E-state index contributed by atoms with van der Waals surface area (Å²) in [5.41, 5.74) is 0.460. The van der Waals surface area contributed by atoms with Gasteiger partial charge in [-0.25, -0.2) is 0 Å². The SMILES string of the molecule is CCCC#C[C@H]1SC[C@H](C(C)(C)C)CS1. The van der Waals surface area contributed by atoms with Crippen LogP contribution in [0.2, 0.25) is 0 Å². The van der Waals surface area contributed by atoms with Crippen LogP contribution in [0.3, 0.4) is 0 Å². The maximum atomic E-state index is 3.37. The van der Waals surface area contributed by atoms with Gasteiger partial charge in [0.15, 0.2) is 0 Å². The van der Waals surface area contributed by atoms with Gasteiger partial charge in [-0.05, 0) is 29.3 Å². The summed E-state index contributed by atoms with van der Waals surface area (Å²) < 4.78 is 0.537. The highest BCUT2D eigenvalue weighted by Crippen LogP contribution is 2.40. The minimum atomic E-state index is 0.460. The molecule has 0 radical (unpaired) electrons. The van der Waals surface area contributed by atoms with E-state index in [0.29, 0.717) is 10.00 Å². The van der Waals surface area contributed by atoms with Crippen LogP contribution >= 0.6 is 23.5 Å². The molecule has 1 heterocycles. The fourth-order valence-electron chi connectivity index (χ4n) is 1.37. The maximum absolute atomic E-state index is 3.37. The highest BCUT2D eigenvalue weighted by molar-refractivity contribution is 8.17. The van der Waals surface area contributed by atoms with Crippen LogP contribution in [-0.2, 0) is 0 Å². The monoisotopic (exact) mass is 242 g/mol. The Morgan fingerprint density at radius 2 is 1.80 bits per heavy atom. The average Bonchev–Trinajstić information content (AvgIpc) is 2.18. The third-order valence-corrected chi connectivity index (χ3v) is 5.56. The van der Waals surface area contributed by atoms with Crippen molar-refractivity contribution in [3.63, 3.8) is 0 Å². The van der Waals surface area contributed by atoms with Crippen molar-refractivity contribution < 1.29 is 0 Å². The second-order valence-electron chi connectivity index (χ2n) is 5.13. The molecule has 1 fully saturated rings. The smallest absolute Gasteiger partial charge is 0.111 e. The van der Waals surface area contributed by atoms with Gasteiger partial charge in [0, 0.05) is 6.42 Å². The first kappa shape index (κ1) is 13.3. The zero-order chi connectivity index (χ0) is 11.3. The van der Waals surface area contributed by atoms with Gasteiger partial charge in [0.1, 0.15) is 4.58 Å². The van der Waals surface area contributed by atoms with Crippen molar-refractivity contribution in [3.8, 4) is 11.8 Å². The summed E-state index contributed by atoms with van der Waals surface area (Å²) in [6, 6.07) is 0. The fourth-order valence-corrected chi connectivity index (χ4v) is 4.76. The predicted molar refractivity (Wildman–Crippen MR) is 74.3 cm³/mol. The summed E-state index contributed by atoms with van der Waals surface area (Å²) in [5, 5.41) is 0. The first-order valence-corrected chi connectivity index (χ1v) is 7.85. The topological polar surface area (TPSA) is 0 Å². The first-order valence-electron chi connectivity index (χ1n) is 5.75. The second kappa shape index (κ2) is 6.11. The van der Waals surface area contributed by atoms with Crippen molar-refractivity contribution in [2.24, 2.45) is 11.3 Å². The lowest BCUT2D eigenvalue weighted by atomic mass is 9.83. The van der Waals surface area contributed by atoms with Crippen LogP contribution in [0.1, 0.15) is 40.5 Å². The predicted octanol–water partition coefficient (Wildman–Crippen LogP) is 4.26. The van der Waals surface area contributed by atoms with Crippen LogP contribution < -0.4 is 0 Å². The second-order valence-corrected chi connectivity index (χ2v) is 7.71. The number of rotatable bonds is 1. The standard InChI is InChI=1S/C13H22S2/c1-5-6-7-8-12-14-9-11(10-15-12)13(2,3)4/h11-12H,5-6,9-10H2,1-4H3/t11-,12-. The van der Waals surface area contributed by atoms with Gasteiger partial charge in [0.2, 0.25) is 0 Å². The zero-order valence-corrected chi connectivity index (χ0v) is 11.9. The van der Waals surface area contributed by atoms with Gasteiger partial charge in [-0.3, -0.25) is 0 Å². The van der Waals surface area contributed by atoms with E-state index in [2.05, 4.69) is 39.5 Å². The molecule has 0 aromatic rings. The Balaban J connectivity index is 2.34. The van der Waals surface area contributed by atoms with Crippen LogP contribution in [0.4, 0.5) is 0 Å². The van der Waals surface area contributed by atoms with Crippen LogP contribution in [0.25, 0.3) is 0 Å². The van der Waals surface area contributed by atoms with Gasteiger partial charge >= 0.3 is 0 Å². The Labute approximate surface area is 103 Å². The molecule has 0 aromatic carbocycles. The molecular weight excluding hydrogens is 220 g/mol. The van der Waals surface area contributed by atoms with Crippen LogP contribution in [0.15, 0.2) is 0 Å². The molecule has 0 unspecified atom stereocenters. The lowest BCUT2D eigenvalue weighted by molar-refractivity contribution is 0.293. The Morgan fingerprint density at radius 1 is 1.20 bits per heavy atom. The van der Waals surface area contributed by atoms with Crippen molar-refractivity contribution >= 4 is 23.5 Å².